The predicted octanol–water partition coefficient (Wildman–Crippen LogP) is 3.53. The van der Waals surface area contributed by atoms with Crippen LogP contribution in [-0.4, -0.2) is 36.4 Å². The minimum absolute atomic E-state index is 0.0186. The second-order valence-corrected chi connectivity index (χ2v) is 7.20. The number of benzene rings is 2. The summed E-state index contributed by atoms with van der Waals surface area (Å²) in [5.74, 6) is -0.565. The first kappa shape index (κ1) is 21.0. The number of likely N-dealkylation sites (tertiary alicyclic amines) is 1. The summed E-state index contributed by atoms with van der Waals surface area (Å²) in [6, 6.07) is 13.5. The highest BCUT2D eigenvalue weighted by atomic mass is 19.1. The normalized spacial score (nSPS) is 14.6. The molecule has 0 atom stereocenters. The molecule has 0 aromatic heterocycles. The fourth-order valence-corrected chi connectivity index (χ4v) is 3.53. The van der Waals surface area contributed by atoms with Gasteiger partial charge in [0.25, 0.3) is 5.91 Å². The van der Waals surface area contributed by atoms with Crippen LogP contribution < -0.4 is 5.32 Å². The summed E-state index contributed by atoms with van der Waals surface area (Å²) in [6.45, 7) is 4.65. The molecule has 29 heavy (non-hydrogen) atoms. The van der Waals surface area contributed by atoms with Crippen LogP contribution >= 0.6 is 0 Å². The van der Waals surface area contributed by atoms with E-state index in [1.54, 1.807) is 4.90 Å². The van der Waals surface area contributed by atoms with Gasteiger partial charge in [-0.1, -0.05) is 24.3 Å². The van der Waals surface area contributed by atoms with Gasteiger partial charge in [-0.05, 0) is 55.2 Å². The van der Waals surface area contributed by atoms with E-state index in [1.807, 2.05) is 31.2 Å². The largest absolute Gasteiger partial charge is 0.377 e. The van der Waals surface area contributed by atoms with Gasteiger partial charge in [0.05, 0.1) is 6.61 Å². The highest BCUT2D eigenvalue weighted by Gasteiger charge is 2.27. The van der Waals surface area contributed by atoms with E-state index in [1.165, 1.54) is 24.3 Å². The Bertz CT molecular complexity index is 830. The number of hydrogen-bond donors (Lipinski definition) is 1. The standard InChI is InChI=1S/C23H27FN2O3/c1-2-29-16-20-6-4-3-5-19(20)15-25-22(27)17-11-13-26(14-12-17)23(28)18-7-9-21(24)10-8-18/h3-10,17H,2,11-16H2,1H3,(H,25,27). The monoisotopic (exact) mass is 398 g/mol. The van der Waals surface area contributed by atoms with Gasteiger partial charge >= 0.3 is 0 Å². The average Bonchev–Trinajstić information content (AvgIpc) is 2.76. The van der Waals surface area contributed by atoms with Gasteiger partial charge in [0.2, 0.25) is 5.91 Å². The zero-order valence-corrected chi connectivity index (χ0v) is 16.7. The molecule has 1 N–H and O–H groups in total. The number of amides is 2. The van der Waals surface area contributed by atoms with Crippen molar-refractivity contribution in [2.45, 2.75) is 32.9 Å². The van der Waals surface area contributed by atoms with E-state index in [-0.39, 0.29) is 23.5 Å². The summed E-state index contributed by atoms with van der Waals surface area (Å²) in [5, 5.41) is 3.03. The fourth-order valence-electron chi connectivity index (χ4n) is 3.53. The van der Waals surface area contributed by atoms with Crippen molar-refractivity contribution in [2.75, 3.05) is 19.7 Å². The molecule has 1 heterocycles. The Kier molecular flexibility index (Phi) is 7.36. The van der Waals surface area contributed by atoms with Gasteiger partial charge < -0.3 is 15.0 Å². The number of nitrogens with one attached hydrogen (secondary N) is 1. The van der Waals surface area contributed by atoms with Crippen LogP contribution in [0.25, 0.3) is 0 Å². The maximum absolute atomic E-state index is 13.0. The molecule has 0 unspecified atom stereocenters. The van der Waals surface area contributed by atoms with Crippen LogP contribution in [0.3, 0.4) is 0 Å². The van der Waals surface area contributed by atoms with Crippen LogP contribution in [0, 0.1) is 11.7 Å². The Labute approximate surface area is 170 Å². The SMILES string of the molecule is CCOCc1ccccc1CNC(=O)C1CCN(C(=O)c2ccc(F)cc2)CC1. The lowest BCUT2D eigenvalue weighted by Crippen LogP contribution is -2.43. The summed E-state index contributed by atoms with van der Waals surface area (Å²) in [6.07, 6.45) is 1.25. The van der Waals surface area contributed by atoms with Crippen molar-refractivity contribution in [3.05, 3.63) is 71.0 Å². The van der Waals surface area contributed by atoms with Crippen LogP contribution in [0.4, 0.5) is 4.39 Å². The van der Waals surface area contributed by atoms with Crippen molar-refractivity contribution in [1.29, 1.82) is 0 Å². The number of halogens is 1. The van der Waals surface area contributed by atoms with Gasteiger partial charge in [-0.15, -0.1) is 0 Å². The van der Waals surface area contributed by atoms with E-state index in [0.29, 0.717) is 51.3 Å². The highest BCUT2D eigenvalue weighted by molar-refractivity contribution is 5.94. The third-order valence-corrected chi connectivity index (χ3v) is 5.28. The van der Waals surface area contributed by atoms with E-state index in [4.69, 9.17) is 4.74 Å². The van der Waals surface area contributed by atoms with E-state index in [2.05, 4.69) is 5.32 Å². The number of carbonyl (C=O) groups excluding carboxylic acids is 2. The number of ether oxygens (including phenoxy) is 1. The molecule has 6 heteroatoms. The van der Waals surface area contributed by atoms with E-state index < -0.39 is 0 Å². The highest BCUT2D eigenvalue weighted by Crippen LogP contribution is 2.20. The topological polar surface area (TPSA) is 58.6 Å². The first-order valence-electron chi connectivity index (χ1n) is 10.1. The second kappa shape index (κ2) is 10.2. The van der Waals surface area contributed by atoms with Gasteiger partial charge in [0.1, 0.15) is 5.82 Å². The Morgan fingerprint density at radius 1 is 1.07 bits per heavy atom. The van der Waals surface area contributed by atoms with Crippen molar-refractivity contribution < 1.29 is 18.7 Å². The quantitative estimate of drug-likeness (QED) is 0.776. The summed E-state index contributed by atoms with van der Waals surface area (Å²) in [7, 11) is 0. The third-order valence-electron chi connectivity index (χ3n) is 5.28. The van der Waals surface area contributed by atoms with Crippen LogP contribution in [0.5, 0.6) is 0 Å². The molecule has 154 valence electrons. The second-order valence-electron chi connectivity index (χ2n) is 7.20. The Morgan fingerprint density at radius 2 is 1.72 bits per heavy atom. The molecule has 2 aromatic rings. The molecule has 0 aliphatic carbocycles. The lowest BCUT2D eigenvalue weighted by atomic mass is 9.95. The first-order valence-corrected chi connectivity index (χ1v) is 10.1. The average molecular weight is 398 g/mol. The zero-order valence-electron chi connectivity index (χ0n) is 16.7. The molecule has 0 bridgehead atoms. The summed E-state index contributed by atoms with van der Waals surface area (Å²) in [4.78, 5) is 26.8. The zero-order chi connectivity index (χ0) is 20.6. The number of hydrogen-bond acceptors (Lipinski definition) is 3. The molecule has 2 amide bonds. The van der Waals surface area contributed by atoms with Crippen LogP contribution in [0.15, 0.2) is 48.5 Å². The van der Waals surface area contributed by atoms with Crippen LogP contribution in [0.1, 0.15) is 41.3 Å². The van der Waals surface area contributed by atoms with Crippen molar-refractivity contribution in [3.63, 3.8) is 0 Å². The van der Waals surface area contributed by atoms with Crippen molar-refractivity contribution in [1.82, 2.24) is 10.2 Å². The molecule has 0 saturated carbocycles. The third kappa shape index (κ3) is 5.64. The van der Waals surface area contributed by atoms with Gasteiger partial charge in [0, 0.05) is 37.7 Å². The van der Waals surface area contributed by atoms with Gasteiger partial charge in [-0.3, -0.25) is 9.59 Å². The number of carbonyl (C=O) groups is 2. The van der Waals surface area contributed by atoms with E-state index in [0.717, 1.165) is 11.1 Å². The van der Waals surface area contributed by atoms with Crippen molar-refractivity contribution >= 4 is 11.8 Å². The lowest BCUT2D eigenvalue weighted by molar-refractivity contribution is -0.126. The summed E-state index contributed by atoms with van der Waals surface area (Å²) >= 11 is 0. The predicted molar refractivity (Wildman–Crippen MR) is 109 cm³/mol. The molecule has 3 rings (SSSR count). The summed E-state index contributed by atoms with van der Waals surface area (Å²) < 4.78 is 18.5. The number of rotatable bonds is 7. The molecule has 2 aromatic carbocycles. The Balaban J connectivity index is 1.49. The van der Waals surface area contributed by atoms with Crippen molar-refractivity contribution in [3.8, 4) is 0 Å². The van der Waals surface area contributed by atoms with Gasteiger partial charge in [-0.25, -0.2) is 4.39 Å². The van der Waals surface area contributed by atoms with E-state index >= 15 is 0 Å². The minimum Gasteiger partial charge on any atom is -0.377 e. The Morgan fingerprint density at radius 3 is 2.38 bits per heavy atom. The molecule has 1 aliphatic heterocycles. The smallest absolute Gasteiger partial charge is 0.253 e. The maximum Gasteiger partial charge on any atom is 0.253 e. The number of piperidine rings is 1. The molecular weight excluding hydrogens is 371 g/mol. The molecule has 1 fully saturated rings. The maximum atomic E-state index is 13.0. The van der Waals surface area contributed by atoms with E-state index in [9.17, 15) is 14.0 Å². The minimum atomic E-state index is -0.361. The van der Waals surface area contributed by atoms with Gasteiger partial charge in [0.15, 0.2) is 0 Å². The Hall–Kier alpha value is -2.73. The van der Waals surface area contributed by atoms with Crippen molar-refractivity contribution in [2.24, 2.45) is 5.92 Å². The van der Waals surface area contributed by atoms with Crippen LogP contribution in [-0.2, 0) is 22.7 Å². The van der Waals surface area contributed by atoms with Crippen LogP contribution in [0.2, 0.25) is 0 Å². The first-order chi connectivity index (χ1) is 14.1. The molecule has 1 aliphatic rings. The number of nitrogens with zero attached hydrogens (tertiary/aromatic N) is 1. The molecule has 0 radical (unpaired) electrons. The fraction of sp³-hybridized carbons (Fsp3) is 0.391. The molecule has 1 saturated heterocycles. The molecule has 0 spiro atoms. The summed E-state index contributed by atoms with van der Waals surface area (Å²) in [5.41, 5.74) is 2.60. The molecular formula is C23H27FN2O3. The molecule has 5 nitrogen and oxygen atoms in total. The van der Waals surface area contributed by atoms with Gasteiger partial charge in [-0.2, -0.15) is 0 Å². The lowest BCUT2D eigenvalue weighted by Gasteiger charge is -2.31.